The molecule has 1 aliphatic heterocycles. The predicted octanol–water partition coefficient (Wildman–Crippen LogP) is 5.97. The number of likely N-dealkylation sites (N-methyl/N-ethyl adjacent to an activating group) is 1. The fourth-order valence-electron chi connectivity index (χ4n) is 4.24. The van der Waals surface area contributed by atoms with E-state index in [4.69, 9.17) is 23.2 Å². The number of nitriles is 1. The van der Waals surface area contributed by atoms with Crippen LogP contribution in [0.15, 0.2) is 54.6 Å². The molecule has 0 radical (unpaired) electrons. The highest BCUT2D eigenvalue weighted by Gasteiger charge is 2.23. The van der Waals surface area contributed by atoms with Crippen LogP contribution >= 0.6 is 23.2 Å². The summed E-state index contributed by atoms with van der Waals surface area (Å²) in [4.78, 5) is 17.7. The first-order chi connectivity index (χ1) is 15.5. The number of hydrogen-bond acceptors (Lipinski definition) is 3. The number of halogens is 2. The van der Waals surface area contributed by atoms with Gasteiger partial charge in [-0.15, -0.1) is 0 Å². The Balaban J connectivity index is 1.60. The average Bonchev–Trinajstić information content (AvgIpc) is 2.77. The Morgan fingerprint density at radius 1 is 1.12 bits per heavy atom. The number of carbonyl (C=O) groups is 1. The second kappa shape index (κ2) is 9.92. The second-order valence-corrected chi connectivity index (χ2v) is 9.21. The van der Waals surface area contributed by atoms with Crippen LogP contribution in [0.25, 0.3) is 10.8 Å². The third-order valence-corrected chi connectivity index (χ3v) is 6.96. The highest BCUT2D eigenvalue weighted by Crippen LogP contribution is 2.30. The highest BCUT2D eigenvalue weighted by molar-refractivity contribution is 6.42. The second-order valence-electron chi connectivity index (χ2n) is 8.40. The zero-order chi connectivity index (χ0) is 22.7. The molecule has 1 amide bonds. The fraction of sp³-hybridized carbons (Fsp3) is 0.308. The molecule has 1 atom stereocenters. The SMILES string of the molecule is CN(C[C@@H](CCN1CCC1)c1ccc(Cl)c(Cl)c1)C(=O)c1cc(C#N)cc2ccccc12. The van der Waals surface area contributed by atoms with Crippen molar-refractivity contribution in [3.63, 3.8) is 0 Å². The number of benzene rings is 3. The molecule has 164 valence electrons. The third-order valence-electron chi connectivity index (χ3n) is 6.22. The quantitative estimate of drug-likeness (QED) is 0.431. The van der Waals surface area contributed by atoms with Gasteiger partial charge in [-0.3, -0.25) is 4.79 Å². The molecule has 0 aliphatic carbocycles. The van der Waals surface area contributed by atoms with Crippen LogP contribution in [-0.4, -0.2) is 48.9 Å². The number of hydrogen-bond donors (Lipinski definition) is 0. The van der Waals surface area contributed by atoms with Gasteiger partial charge >= 0.3 is 0 Å². The summed E-state index contributed by atoms with van der Waals surface area (Å²) in [7, 11) is 1.82. The van der Waals surface area contributed by atoms with E-state index >= 15 is 0 Å². The summed E-state index contributed by atoms with van der Waals surface area (Å²) in [6.45, 7) is 3.81. The van der Waals surface area contributed by atoms with Crippen LogP contribution in [0.3, 0.4) is 0 Å². The predicted molar refractivity (Wildman–Crippen MR) is 131 cm³/mol. The summed E-state index contributed by atoms with van der Waals surface area (Å²) in [5, 5.41) is 12.2. The van der Waals surface area contributed by atoms with Crippen molar-refractivity contribution in [3.05, 3.63) is 81.3 Å². The van der Waals surface area contributed by atoms with Crippen molar-refractivity contribution in [3.8, 4) is 6.07 Å². The minimum atomic E-state index is -0.0905. The maximum Gasteiger partial charge on any atom is 0.254 e. The molecule has 1 heterocycles. The van der Waals surface area contributed by atoms with E-state index in [1.165, 1.54) is 6.42 Å². The molecular formula is C26H25Cl2N3O. The number of nitrogens with zero attached hydrogens (tertiary/aromatic N) is 3. The van der Waals surface area contributed by atoms with Crippen molar-refractivity contribution < 1.29 is 4.79 Å². The zero-order valence-corrected chi connectivity index (χ0v) is 19.5. The summed E-state index contributed by atoms with van der Waals surface area (Å²) in [5.41, 5.74) is 2.12. The molecule has 4 nitrogen and oxygen atoms in total. The van der Waals surface area contributed by atoms with Crippen LogP contribution in [0.5, 0.6) is 0 Å². The average molecular weight is 466 g/mol. The van der Waals surface area contributed by atoms with Crippen LogP contribution in [0.4, 0.5) is 0 Å². The van der Waals surface area contributed by atoms with Crippen molar-refractivity contribution in [2.24, 2.45) is 0 Å². The van der Waals surface area contributed by atoms with Gasteiger partial charge in [0.2, 0.25) is 0 Å². The van der Waals surface area contributed by atoms with Gasteiger partial charge in [0.1, 0.15) is 0 Å². The minimum Gasteiger partial charge on any atom is -0.341 e. The van der Waals surface area contributed by atoms with E-state index in [1.54, 1.807) is 11.0 Å². The molecule has 6 heteroatoms. The van der Waals surface area contributed by atoms with Gasteiger partial charge in [-0.05, 0) is 73.1 Å². The van der Waals surface area contributed by atoms with Crippen molar-refractivity contribution in [1.29, 1.82) is 5.26 Å². The van der Waals surface area contributed by atoms with E-state index in [0.717, 1.165) is 42.4 Å². The molecule has 0 saturated carbocycles. The van der Waals surface area contributed by atoms with Gasteiger partial charge in [0, 0.05) is 25.1 Å². The normalized spacial score (nSPS) is 14.6. The Hall–Kier alpha value is -2.58. The van der Waals surface area contributed by atoms with Crippen molar-refractivity contribution in [1.82, 2.24) is 9.80 Å². The molecule has 3 aromatic rings. The molecule has 0 aromatic heterocycles. The summed E-state index contributed by atoms with van der Waals surface area (Å²) >= 11 is 12.4. The molecule has 1 fully saturated rings. The molecule has 32 heavy (non-hydrogen) atoms. The summed E-state index contributed by atoms with van der Waals surface area (Å²) in [6, 6.07) is 19.1. The molecule has 0 N–H and O–H groups in total. The number of likely N-dealkylation sites (tertiary alicyclic amines) is 1. The van der Waals surface area contributed by atoms with E-state index in [1.807, 2.05) is 55.6 Å². The Morgan fingerprint density at radius 3 is 2.59 bits per heavy atom. The lowest BCUT2D eigenvalue weighted by molar-refractivity contribution is 0.0782. The van der Waals surface area contributed by atoms with Gasteiger partial charge in [0.25, 0.3) is 5.91 Å². The Kier molecular flexibility index (Phi) is 7.01. The molecule has 1 aliphatic rings. The van der Waals surface area contributed by atoms with Crippen LogP contribution in [-0.2, 0) is 0 Å². The number of rotatable bonds is 7. The summed E-state index contributed by atoms with van der Waals surface area (Å²) in [6.07, 6.45) is 2.17. The fourth-order valence-corrected chi connectivity index (χ4v) is 4.55. The first-order valence-electron chi connectivity index (χ1n) is 10.8. The zero-order valence-electron chi connectivity index (χ0n) is 18.0. The largest absolute Gasteiger partial charge is 0.341 e. The van der Waals surface area contributed by atoms with Crippen molar-refractivity contribution in [2.45, 2.75) is 18.8 Å². The molecule has 4 rings (SSSR count). The van der Waals surface area contributed by atoms with Gasteiger partial charge in [-0.2, -0.15) is 5.26 Å². The molecule has 1 saturated heterocycles. The lowest BCUT2D eigenvalue weighted by Gasteiger charge is -2.33. The van der Waals surface area contributed by atoms with Crippen LogP contribution in [0.2, 0.25) is 10.0 Å². The third kappa shape index (κ3) is 4.91. The van der Waals surface area contributed by atoms with E-state index < -0.39 is 0 Å². The smallest absolute Gasteiger partial charge is 0.254 e. The molecule has 0 unspecified atom stereocenters. The number of amides is 1. The number of carbonyl (C=O) groups excluding carboxylic acids is 1. The first kappa shape index (κ1) is 22.6. The Labute approximate surface area is 198 Å². The van der Waals surface area contributed by atoms with E-state index in [-0.39, 0.29) is 11.8 Å². The monoisotopic (exact) mass is 465 g/mol. The van der Waals surface area contributed by atoms with Gasteiger partial charge in [-0.1, -0.05) is 53.5 Å². The van der Waals surface area contributed by atoms with E-state index in [9.17, 15) is 10.1 Å². The molecule has 3 aromatic carbocycles. The summed E-state index contributed by atoms with van der Waals surface area (Å²) < 4.78 is 0. The highest BCUT2D eigenvalue weighted by atomic mass is 35.5. The first-order valence-corrected chi connectivity index (χ1v) is 11.6. The molecular weight excluding hydrogens is 441 g/mol. The van der Waals surface area contributed by atoms with Crippen LogP contribution in [0.1, 0.15) is 40.2 Å². The van der Waals surface area contributed by atoms with Gasteiger partial charge in [0.15, 0.2) is 0 Å². The van der Waals surface area contributed by atoms with Crippen molar-refractivity contribution >= 4 is 39.9 Å². The van der Waals surface area contributed by atoms with Gasteiger partial charge in [-0.25, -0.2) is 0 Å². The topological polar surface area (TPSA) is 47.3 Å². The van der Waals surface area contributed by atoms with Gasteiger partial charge < -0.3 is 9.80 Å². The lowest BCUT2D eigenvalue weighted by Crippen LogP contribution is -2.39. The Morgan fingerprint density at radius 2 is 1.91 bits per heavy atom. The number of fused-ring (bicyclic) bond motifs is 1. The molecule has 0 spiro atoms. The lowest BCUT2D eigenvalue weighted by atomic mass is 9.93. The van der Waals surface area contributed by atoms with E-state index in [2.05, 4.69) is 11.0 Å². The maximum absolute atomic E-state index is 13.5. The van der Waals surface area contributed by atoms with E-state index in [0.29, 0.717) is 27.7 Å². The van der Waals surface area contributed by atoms with Crippen LogP contribution < -0.4 is 0 Å². The maximum atomic E-state index is 13.5. The standard InChI is InChI=1S/C26H25Cl2N3O/c1-30(26(32)23-14-18(16-29)13-20-5-2-3-6-22(20)23)17-21(9-12-31-10-4-11-31)19-7-8-24(27)25(28)15-19/h2-3,5-8,13-15,21H,4,9-12,17H2,1H3/t21-/m1/s1. The minimum absolute atomic E-state index is 0.0905. The summed E-state index contributed by atoms with van der Waals surface area (Å²) in [5.74, 6) is 0.0389. The van der Waals surface area contributed by atoms with Gasteiger partial charge in [0.05, 0.1) is 21.7 Å². The Bertz CT molecular complexity index is 1180. The molecule has 0 bridgehead atoms. The van der Waals surface area contributed by atoms with Crippen LogP contribution in [0, 0.1) is 11.3 Å². The van der Waals surface area contributed by atoms with Crippen molar-refractivity contribution in [2.75, 3.05) is 33.2 Å².